The van der Waals surface area contributed by atoms with Gasteiger partial charge in [0, 0.05) is 18.1 Å². The van der Waals surface area contributed by atoms with E-state index in [1.165, 1.54) is 44.2 Å². The minimum absolute atomic E-state index is 0.503. The van der Waals surface area contributed by atoms with E-state index in [1.54, 1.807) is 11.3 Å². The Hall–Kier alpha value is -0.380. The summed E-state index contributed by atoms with van der Waals surface area (Å²) >= 11 is 1.80. The van der Waals surface area contributed by atoms with Crippen molar-refractivity contribution in [1.29, 1.82) is 0 Å². The Labute approximate surface area is 114 Å². The van der Waals surface area contributed by atoms with Crippen LogP contribution < -0.4 is 10.6 Å². The lowest BCUT2D eigenvalue weighted by atomic mass is 9.92. The molecule has 2 nitrogen and oxygen atoms in total. The van der Waals surface area contributed by atoms with Crippen LogP contribution in [0.2, 0.25) is 0 Å². The molecule has 1 saturated carbocycles. The molecular weight excluding hydrogens is 240 g/mol. The van der Waals surface area contributed by atoms with Crippen LogP contribution in [0.5, 0.6) is 0 Å². The maximum atomic E-state index is 3.87. The average molecular weight is 264 g/mol. The van der Waals surface area contributed by atoms with E-state index in [4.69, 9.17) is 0 Å². The van der Waals surface area contributed by atoms with Crippen molar-refractivity contribution in [3.8, 4) is 0 Å². The predicted octanol–water partition coefficient (Wildman–Crippen LogP) is 3.32. The molecule has 2 heterocycles. The SMILES string of the molecule is CC(NC1CCCC1C1CCCN1)c1ccsc1. The summed E-state index contributed by atoms with van der Waals surface area (Å²) < 4.78 is 0. The van der Waals surface area contributed by atoms with Crippen molar-refractivity contribution in [3.05, 3.63) is 22.4 Å². The van der Waals surface area contributed by atoms with Gasteiger partial charge in [-0.05, 0) is 67.5 Å². The van der Waals surface area contributed by atoms with Crippen molar-refractivity contribution in [2.24, 2.45) is 5.92 Å². The van der Waals surface area contributed by atoms with Crippen LogP contribution in [-0.2, 0) is 0 Å². The van der Waals surface area contributed by atoms with Gasteiger partial charge >= 0.3 is 0 Å². The van der Waals surface area contributed by atoms with E-state index < -0.39 is 0 Å². The Kier molecular flexibility index (Phi) is 4.02. The third kappa shape index (κ3) is 2.63. The van der Waals surface area contributed by atoms with Crippen LogP contribution in [0.1, 0.15) is 50.6 Å². The Morgan fingerprint density at radius 1 is 1.33 bits per heavy atom. The molecule has 1 saturated heterocycles. The van der Waals surface area contributed by atoms with E-state index >= 15 is 0 Å². The van der Waals surface area contributed by atoms with Crippen LogP contribution in [-0.4, -0.2) is 18.6 Å². The summed E-state index contributed by atoms with van der Waals surface area (Å²) in [5, 5.41) is 12.0. The van der Waals surface area contributed by atoms with Crippen molar-refractivity contribution in [2.75, 3.05) is 6.54 Å². The van der Waals surface area contributed by atoms with E-state index in [-0.39, 0.29) is 0 Å². The molecule has 0 bridgehead atoms. The second-order valence-corrected chi connectivity index (χ2v) is 6.63. The quantitative estimate of drug-likeness (QED) is 0.872. The molecule has 0 spiro atoms. The first-order valence-electron chi connectivity index (χ1n) is 7.36. The molecule has 4 unspecified atom stereocenters. The molecular formula is C15H24N2S. The van der Waals surface area contributed by atoms with Crippen molar-refractivity contribution in [1.82, 2.24) is 10.6 Å². The molecule has 0 radical (unpaired) electrons. The molecule has 2 fully saturated rings. The third-order valence-corrected chi connectivity index (χ3v) is 5.39. The lowest BCUT2D eigenvalue weighted by molar-refractivity contribution is 0.304. The summed E-state index contributed by atoms with van der Waals surface area (Å²) in [4.78, 5) is 0. The van der Waals surface area contributed by atoms with Gasteiger partial charge in [0.05, 0.1) is 0 Å². The Balaban J connectivity index is 1.60. The van der Waals surface area contributed by atoms with Gasteiger partial charge in [-0.1, -0.05) is 6.42 Å². The molecule has 1 aliphatic heterocycles. The summed E-state index contributed by atoms with van der Waals surface area (Å²) in [6.45, 7) is 3.54. The van der Waals surface area contributed by atoms with E-state index in [0.29, 0.717) is 6.04 Å². The van der Waals surface area contributed by atoms with Crippen LogP contribution in [0.3, 0.4) is 0 Å². The van der Waals surface area contributed by atoms with Crippen LogP contribution in [0, 0.1) is 5.92 Å². The molecule has 4 atom stereocenters. The summed E-state index contributed by atoms with van der Waals surface area (Å²) in [6, 6.07) is 4.25. The molecule has 3 heteroatoms. The zero-order chi connectivity index (χ0) is 12.4. The van der Waals surface area contributed by atoms with E-state index in [1.807, 2.05) is 0 Å². The molecule has 100 valence electrons. The first kappa shape index (κ1) is 12.6. The zero-order valence-electron chi connectivity index (χ0n) is 11.2. The van der Waals surface area contributed by atoms with Crippen molar-refractivity contribution in [2.45, 2.75) is 57.2 Å². The molecule has 3 rings (SSSR count). The van der Waals surface area contributed by atoms with Gasteiger partial charge in [-0.25, -0.2) is 0 Å². The molecule has 0 amide bonds. The van der Waals surface area contributed by atoms with Crippen molar-refractivity contribution < 1.29 is 0 Å². The van der Waals surface area contributed by atoms with E-state index in [0.717, 1.165) is 18.0 Å². The maximum absolute atomic E-state index is 3.87. The number of hydrogen-bond acceptors (Lipinski definition) is 3. The molecule has 1 aliphatic carbocycles. The minimum Gasteiger partial charge on any atom is -0.314 e. The summed E-state index contributed by atoms with van der Waals surface area (Å²) in [7, 11) is 0. The van der Waals surface area contributed by atoms with Gasteiger partial charge in [0.25, 0.3) is 0 Å². The van der Waals surface area contributed by atoms with E-state index in [2.05, 4.69) is 34.4 Å². The lowest BCUT2D eigenvalue weighted by Gasteiger charge is -2.29. The average Bonchev–Trinajstić information content (AvgIpc) is 3.11. The number of rotatable bonds is 4. The molecule has 2 aliphatic rings. The van der Waals surface area contributed by atoms with Gasteiger partial charge < -0.3 is 10.6 Å². The first-order chi connectivity index (χ1) is 8.84. The number of thiophene rings is 1. The second-order valence-electron chi connectivity index (χ2n) is 5.85. The first-order valence-corrected chi connectivity index (χ1v) is 8.30. The zero-order valence-corrected chi connectivity index (χ0v) is 12.0. The van der Waals surface area contributed by atoms with Crippen LogP contribution in [0.15, 0.2) is 16.8 Å². The monoisotopic (exact) mass is 264 g/mol. The molecule has 0 aromatic carbocycles. The molecule has 1 aromatic heterocycles. The van der Waals surface area contributed by atoms with Crippen LogP contribution >= 0.6 is 11.3 Å². The van der Waals surface area contributed by atoms with Crippen LogP contribution in [0.4, 0.5) is 0 Å². The van der Waals surface area contributed by atoms with Gasteiger partial charge in [-0.2, -0.15) is 11.3 Å². The summed E-state index contributed by atoms with van der Waals surface area (Å²) in [6.07, 6.45) is 6.92. The smallest absolute Gasteiger partial charge is 0.0302 e. The van der Waals surface area contributed by atoms with Gasteiger partial charge in [0.1, 0.15) is 0 Å². The Morgan fingerprint density at radius 2 is 2.28 bits per heavy atom. The highest BCUT2D eigenvalue weighted by molar-refractivity contribution is 7.07. The van der Waals surface area contributed by atoms with Crippen LogP contribution in [0.25, 0.3) is 0 Å². The molecule has 2 N–H and O–H groups in total. The lowest BCUT2D eigenvalue weighted by Crippen LogP contribution is -2.42. The van der Waals surface area contributed by atoms with Crippen molar-refractivity contribution >= 4 is 11.3 Å². The highest BCUT2D eigenvalue weighted by Crippen LogP contribution is 2.33. The largest absolute Gasteiger partial charge is 0.314 e. The van der Waals surface area contributed by atoms with Gasteiger partial charge in [0.2, 0.25) is 0 Å². The predicted molar refractivity (Wildman–Crippen MR) is 78.0 cm³/mol. The fraction of sp³-hybridized carbons (Fsp3) is 0.733. The van der Waals surface area contributed by atoms with Crippen molar-refractivity contribution in [3.63, 3.8) is 0 Å². The summed E-state index contributed by atoms with van der Waals surface area (Å²) in [5.41, 5.74) is 1.45. The Bertz CT molecular complexity index is 357. The fourth-order valence-electron chi connectivity index (χ4n) is 3.69. The van der Waals surface area contributed by atoms with Gasteiger partial charge in [0.15, 0.2) is 0 Å². The number of nitrogens with one attached hydrogen (secondary N) is 2. The molecule has 1 aromatic rings. The highest BCUT2D eigenvalue weighted by Gasteiger charge is 2.35. The van der Waals surface area contributed by atoms with E-state index in [9.17, 15) is 0 Å². The summed E-state index contributed by atoms with van der Waals surface area (Å²) in [5.74, 6) is 0.855. The molecule has 18 heavy (non-hydrogen) atoms. The standard InChI is InChI=1S/C15H24N2S/c1-11(12-7-9-18-10-12)17-15-5-2-4-13(15)14-6-3-8-16-14/h7,9-11,13-17H,2-6,8H2,1H3. The second kappa shape index (κ2) is 5.72. The third-order valence-electron chi connectivity index (χ3n) is 4.69. The van der Waals surface area contributed by atoms with Gasteiger partial charge in [-0.3, -0.25) is 0 Å². The minimum atomic E-state index is 0.503. The van der Waals surface area contributed by atoms with Gasteiger partial charge in [-0.15, -0.1) is 0 Å². The Morgan fingerprint density at radius 3 is 3.00 bits per heavy atom. The number of hydrogen-bond donors (Lipinski definition) is 2. The topological polar surface area (TPSA) is 24.1 Å². The highest BCUT2D eigenvalue weighted by atomic mass is 32.1. The fourth-order valence-corrected chi connectivity index (χ4v) is 4.45. The maximum Gasteiger partial charge on any atom is 0.0302 e. The normalized spacial score (nSPS) is 33.9.